The van der Waals surface area contributed by atoms with Crippen molar-refractivity contribution in [2.45, 2.75) is 174 Å². The minimum atomic E-state index is -1.03. The molecule has 49 heavy (non-hydrogen) atoms. The number of hydrogen-bond donors (Lipinski definition) is 2. The summed E-state index contributed by atoms with van der Waals surface area (Å²) in [5, 5.41) is 11.1. The third-order valence-electron chi connectivity index (χ3n) is 8.10. The lowest BCUT2D eigenvalue weighted by Gasteiger charge is -2.15. The topological polar surface area (TPSA) is 92.7 Å². The second-order valence-corrected chi connectivity index (χ2v) is 12.8. The molecule has 0 rings (SSSR count). The van der Waals surface area contributed by atoms with E-state index in [-0.39, 0.29) is 24.5 Å². The first-order valence-electron chi connectivity index (χ1n) is 19.6. The maximum absolute atomic E-state index is 12.6. The molecule has 6 nitrogen and oxygen atoms in total. The molecule has 0 aliphatic heterocycles. The van der Waals surface area contributed by atoms with Gasteiger partial charge in [-0.15, -0.1) is 0 Å². The van der Waals surface area contributed by atoms with Crippen LogP contribution in [0.3, 0.4) is 0 Å². The van der Waals surface area contributed by atoms with E-state index >= 15 is 0 Å². The molecule has 0 heterocycles. The number of rotatable bonds is 34. The lowest BCUT2D eigenvalue weighted by atomic mass is 10.1. The molecule has 0 fully saturated rings. The van der Waals surface area contributed by atoms with Crippen LogP contribution in [0.15, 0.2) is 72.9 Å². The molecule has 1 amide bonds. The maximum Gasteiger partial charge on any atom is 0.322 e. The number of carbonyl (C=O) groups is 3. The van der Waals surface area contributed by atoms with Gasteiger partial charge in [-0.05, 0) is 89.5 Å². The summed E-state index contributed by atoms with van der Waals surface area (Å²) in [4.78, 5) is 34.9. The quantitative estimate of drug-likeness (QED) is 0.0400. The predicted molar refractivity (Wildman–Crippen MR) is 208 cm³/mol. The fourth-order valence-corrected chi connectivity index (χ4v) is 5.21. The minimum Gasteiger partial charge on any atom is -0.480 e. The minimum absolute atomic E-state index is 0.115. The van der Waals surface area contributed by atoms with Crippen LogP contribution in [0.25, 0.3) is 0 Å². The van der Waals surface area contributed by atoms with Crippen LogP contribution < -0.4 is 5.32 Å². The Labute approximate surface area is 300 Å². The molecule has 0 aromatic heterocycles. The molecular weight excluding hydrogens is 610 g/mol. The highest BCUT2D eigenvalue weighted by atomic mass is 16.5. The number of nitrogens with one attached hydrogen (secondary N) is 1. The van der Waals surface area contributed by atoms with Crippen LogP contribution in [-0.4, -0.2) is 35.6 Å². The van der Waals surface area contributed by atoms with Gasteiger partial charge in [0.25, 0.3) is 0 Å². The SMILES string of the molecule is CC/C=C\C/C=C\C/C=C\C/C=C\C/C=C\CCCCCC(=O)OC(/C=C\CCCCCCCCC)CCCCCCC(=O)NCC(=O)O. The fraction of sp³-hybridized carbons (Fsp3) is 0.651. The Balaban J connectivity index is 4.24. The number of hydrogen-bond acceptors (Lipinski definition) is 4. The number of carboxylic acid groups (broad SMARTS) is 1. The maximum atomic E-state index is 12.6. The molecule has 0 aromatic carbocycles. The monoisotopic (exact) mass is 682 g/mol. The lowest BCUT2D eigenvalue weighted by molar-refractivity contribution is -0.147. The van der Waals surface area contributed by atoms with Gasteiger partial charge in [0.1, 0.15) is 12.6 Å². The molecule has 278 valence electrons. The largest absolute Gasteiger partial charge is 0.480 e. The van der Waals surface area contributed by atoms with E-state index in [1.165, 1.54) is 44.9 Å². The van der Waals surface area contributed by atoms with E-state index in [2.05, 4.69) is 92.1 Å². The second-order valence-electron chi connectivity index (χ2n) is 12.8. The number of carbonyl (C=O) groups excluding carboxylic acids is 2. The summed E-state index contributed by atoms with van der Waals surface area (Å²) < 4.78 is 5.88. The Morgan fingerprint density at radius 2 is 1.06 bits per heavy atom. The van der Waals surface area contributed by atoms with Crippen LogP contribution in [0.4, 0.5) is 0 Å². The lowest BCUT2D eigenvalue weighted by Crippen LogP contribution is -2.28. The number of aliphatic carboxylic acids is 1. The van der Waals surface area contributed by atoms with E-state index < -0.39 is 5.97 Å². The van der Waals surface area contributed by atoms with Gasteiger partial charge in [-0.25, -0.2) is 0 Å². The van der Waals surface area contributed by atoms with Gasteiger partial charge in [0.05, 0.1) is 0 Å². The number of allylic oxidation sites excluding steroid dienone is 11. The van der Waals surface area contributed by atoms with Gasteiger partial charge in [-0.2, -0.15) is 0 Å². The summed E-state index contributed by atoms with van der Waals surface area (Å²) in [5.41, 5.74) is 0. The summed E-state index contributed by atoms with van der Waals surface area (Å²) >= 11 is 0. The van der Waals surface area contributed by atoms with E-state index in [9.17, 15) is 14.4 Å². The highest BCUT2D eigenvalue weighted by Gasteiger charge is 2.12. The van der Waals surface area contributed by atoms with Crippen LogP contribution >= 0.6 is 0 Å². The Morgan fingerprint density at radius 1 is 0.571 bits per heavy atom. The molecule has 0 bridgehead atoms. The van der Waals surface area contributed by atoms with Crippen molar-refractivity contribution in [1.29, 1.82) is 0 Å². The highest BCUT2D eigenvalue weighted by molar-refractivity contribution is 5.80. The second kappa shape index (κ2) is 37.7. The normalized spacial score (nSPS) is 12.9. The predicted octanol–water partition coefficient (Wildman–Crippen LogP) is 11.8. The first-order valence-corrected chi connectivity index (χ1v) is 19.6. The Hall–Kier alpha value is -3.15. The standard InChI is InChI=1S/C43H71NO5/c1-3-5-7-9-11-13-14-15-16-17-18-19-20-21-22-24-26-28-34-38-43(48)49-40(35-31-27-25-23-12-10-8-6-4-2)36-32-29-30-33-37-41(45)44-39-42(46)47/h5,7,11,13,15-16,18-19,21-22,31,35,40H,3-4,6,8-10,12,14,17,20,23-30,32-34,36-39H2,1-2H3,(H,44,45)(H,46,47)/b7-5-,13-11-,16-15-,19-18-,22-21-,35-31-. The molecule has 1 unspecified atom stereocenters. The van der Waals surface area contributed by atoms with Crippen LogP contribution in [0.2, 0.25) is 0 Å². The van der Waals surface area contributed by atoms with Crippen molar-refractivity contribution in [3.63, 3.8) is 0 Å². The number of ether oxygens (including phenoxy) is 1. The highest BCUT2D eigenvalue weighted by Crippen LogP contribution is 2.15. The van der Waals surface area contributed by atoms with Crippen molar-refractivity contribution in [3.8, 4) is 0 Å². The van der Waals surface area contributed by atoms with Gasteiger partial charge in [-0.1, -0.05) is 138 Å². The zero-order chi connectivity index (χ0) is 35.9. The molecule has 0 aromatic rings. The molecule has 0 aliphatic rings. The molecule has 0 saturated carbocycles. The molecule has 1 atom stereocenters. The molecule has 0 spiro atoms. The van der Waals surface area contributed by atoms with Gasteiger partial charge < -0.3 is 15.2 Å². The summed E-state index contributed by atoms with van der Waals surface area (Å²) in [6, 6.07) is 0. The van der Waals surface area contributed by atoms with Gasteiger partial charge in [0.2, 0.25) is 5.91 Å². The van der Waals surface area contributed by atoms with Crippen molar-refractivity contribution < 1.29 is 24.2 Å². The summed E-state index contributed by atoms with van der Waals surface area (Å²) in [5.74, 6) is -1.37. The molecule has 6 heteroatoms. The average Bonchev–Trinajstić information content (AvgIpc) is 3.08. The molecule has 2 N–H and O–H groups in total. The summed E-state index contributed by atoms with van der Waals surface area (Å²) in [6.07, 6.45) is 50.3. The fourth-order valence-electron chi connectivity index (χ4n) is 5.21. The first kappa shape index (κ1) is 45.9. The molecular formula is C43H71NO5. The van der Waals surface area contributed by atoms with E-state index in [0.717, 1.165) is 96.3 Å². The summed E-state index contributed by atoms with van der Waals surface area (Å²) in [6.45, 7) is 4.06. The van der Waals surface area contributed by atoms with Crippen LogP contribution in [0.1, 0.15) is 168 Å². The van der Waals surface area contributed by atoms with Crippen molar-refractivity contribution in [3.05, 3.63) is 72.9 Å². The van der Waals surface area contributed by atoms with Crippen molar-refractivity contribution in [2.24, 2.45) is 0 Å². The van der Waals surface area contributed by atoms with E-state index in [1.54, 1.807) is 0 Å². The Bertz CT molecular complexity index is 975. The number of unbranched alkanes of at least 4 members (excludes halogenated alkanes) is 13. The van der Waals surface area contributed by atoms with Gasteiger partial charge in [-0.3, -0.25) is 14.4 Å². The first-order chi connectivity index (χ1) is 24.0. The number of carboxylic acids is 1. The average molecular weight is 682 g/mol. The molecule has 0 saturated heterocycles. The third kappa shape index (κ3) is 37.5. The zero-order valence-electron chi connectivity index (χ0n) is 31.3. The van der Waals surface area contributed by atoms with E-state index in [0.29, 0.717) is 12.8 Å². The summed E-state index contributed by atoms with van der Waals surface area (Å²) in [7, 11) is 0. The Morgan fingerprint density at radius 3 is 1.67 bits per heavy atom. The Kier molecular flexibility index (Phi) is 35.2. The van der Waals surface area contributed by atoms with Crippen LogP contribution in [0.5, 0.6) is 0 Å². The molecule has 0 radical (unpaired) electrons. The van der Waals surface area contributed by atoms with Crippen molar-refractivity contribution >= 4 is 17.8 Å². The van der Waals surface area contributed by atoms with Crippen LogP contribution in [-0.2, 0) is 19.1 Å². The molecule has 0 aliphatic carbocycles. The van der Waals surface area contributed by atoms with Gasteiger partial charge in [0, 0.05) is 12.8 Å². The van der Waals surface area contributed by atoms with Crippen molar-refractivity contribution in [2.75, 3.05) is 6.54 Å². The van der Waals surface area contributed by atoms with Crippen LogP contribution in [0, 0.1) is 0 Å². The van der Waals surface area contributed by atoms with E-state index in [4.69, 9.17) is 9.84 Å². The zero-order valence-corrected chi connectivity index (χ0v) is 31.3. The van der Waals surface area contributed by atoms with E-state index in [1.807, 2.05) is 0 Å². The number of esters is 1. The van der Waals surface area contributed by atoms with Gasteiger partial charge in [0.15, 0.2) is 0 Å². The third-order valence-corrected chi connectivity index (χ3v) is 8.10. The van der Waals surface area contributed by atoms with Crippen molar-refractivity contribution in [1.82, 2.24) is 5.32 Å². The smallest absolute Gasteiger partial charge is 0.322 e. The van der Waals surface area contributed by atoms with Gasteiger partial charge >= 0.3 is 11.9 Å². The number of amides is 1.